The fourth-order valence-corrected chi connectivity index (χ4v) is 4.18. The number of aromatic nitrogens is 3. The molecule has 0 atom stereocenters. The number of hydrogen-bond acceptors (Lipinski definition) is 6. The molecule has 2 aromatic heterocycles. The van der Waals surface area contributed by atoms with Crippen LogP contribution in [0.2, 0.25) is 0 Å². The smallest absolute Gasteiger partial charge is 0.407 e. The van der Waals surface area contributed by atoms with Gasteiger partial charge in [-0.3, -0.25) is 15.0 Å². The van der Waals surface area contributed by atoms with Crippen molar-refractivity contribution in [2.45, 2.75) is 65.6 Å². The number of anilines is 1. The molecule has 1 saturated heterocycles. The van der Waals surface area contributed by atoms with E-state index in [0.29, 0.717) is 11.6 Å². The van der Waals surface area contributed by atoms with Crippen LogP contribution in [0.25, 0.3) is 16.9 Å². The molecule has 9 heteroatoms. The van der Waals surface area contributed by atoms with E-state index in [2.05, 4.69) is 49.9 Å². The lowest BCUT2D eigenvalue weighted by Gasteiger charge is -2.32. The van der Waals surface area contributed by atoms with Crippen molar-refractivity contribution >= 4 is 23.6 Å². The second-order valence-electron chi connectivity index (χ2n) is 10.7. The first-order chi connectivity index (χ1) is 17.1. The molecule has 1 aliphatic heterocycles. The van der Waals surface area contributed by atoms with Crippen LogP contribution < -0.4 is 10.6 Å². The molecule has 9 nitrogen and oxygen atoms in total. The number of piperidine rings is 1. The average molecular weight is 493 g/mol. The maximum absolute atomic E-state index is 12.0. The molecule has 0 saturated carbocycles. The van der Waals surface area contributed by atoms with E-state index in [1.807, 2.05) is 52.8 Å². The Bertz CT molecular complexity index is 1200. The first-order valence-electron chi connectivity index (χ1n) is 12.6. The van der Waals surface area contributed by atoms with E-state index in [4.69, 9.17) is 4.74 Å². The predicted octanol–water partition coefficient (Wildman–Crippen LogP) is 4.48. The molecule has 192 valence electrons. The predicted molar refractivity (Wildman–Crippen MR) is 140 cm³/mol. The highest BCUT2D eigenvalue weighted by molar-refractivity contribution is 5.90. The Kier molecular flexibility index (Phi) is 7.59. The number of likely N-dealkylation sites (tertiary alicyclic amines) is 1. The second-order valence-corrected chi connectivity index (χ2v) is 10.7. The van der Waals surface area contributed by atoms with Crippen molar-refractivity contribution in [3.05, 3.63) is 48.0 Å². The Hall–Kier alpha value is -3.46. The molecule has 0 radical (unpaired) electrons. The number of ether oxygens (including phenoxy) is 1. The van der Waals surface area contributed by atoms with E-state index in [9.17, 15) is 9.59 Å². The van der Waals surface area contributed by atoms with Crippen LogP contribution in [0.4, 0.5) is 10.7 Å². The zero-order valence-corrected chi connectivity index (χ0v) is 21.7. The lowest BCUT2D eigenvalue weighted by Crippen LogP contribution is -2.45. The summed E-state index contributed by atoms with van der Waals surface area (Å²) >= 11 is 0. The van der Waals surface area contributed by atoms with E-state index in [1.165, 1.54) is 5.56 Å². The van der Waals surface area contributed by atoms with E-state index < -0.39 is 5.60 Å². The molecule has 1 fully saturated rings. The highest BCUT2D eigenvalue weighted by atomic mass is 16.6. The highest BCUT2D eigenvalue weighted by Gasteiger charge is 2.23. The zero-order chi connectivity index (χ0) is 25.9. The van der Waals surface area contributed by atoms with E-state index >= 15 is 0 Å². The Morgan fingerprint density at radius 2 is 1.78 bits per heavy atom. The molecule has 1 aromatic carbocycles. The van der Waals surface area contributed by atoms with Crippen LogP contribution in [0.5, 0.6) is 0 Å². The highest BCUT2D eigenvalue weighted by Crippen LogP contribution is 2.23. The maximum atomic E-state index is 12.0. The number of alkyl carbamates (subject to hydrolysis) is 1. The molecule has 3 heterocycles. The molecule has 4 rings (SSSR count). The van der Waals surface area contributed by atoms with Gasteiger partial charge in [-0.25, -0.2) is 9.31 Å². The normalized spacial score (nSPS) is 15.3. The van der Waals surface area contributed by atoms with Crippen LogP contribution in [0.3, 0.4) is 0 Å². The van der Waals surface area contributed by atoms with Gasteiger partial charge in [0, 0.05) is 37.2 Å². The van der Waals surface area contributed by atoms with Gasteiger partial charge in [0.2, 0.25) is 11.9 Å². The molecule has 36 heavy (non-hydrogen) atoms. The van der Waals surface area contributed by atoms with Gasteiger partial charge in [0.15, 0.2) is 5.65 Å². The summed E-state index contributed by atoms with van der Waals surface area (Å²) in [5.41, 5.74) is 3.36. The van der Waals surface area contributed by atoms with Crippen LogP contribution in [0, 0.1) is 5.92 Å². The van der Waals surface area contributed by atoms with E-state index in [1.54, 1.807) is 4.52 Å². The van der Waals surface area contributed by atoms with Crippen molar-refractivity contribution in [1.29, 1.82) is 0 Å². The number of carbonyl (C=O) groups is 2. The van der Waals surface area contributed by atoms with Crippen molar-refractivity contribution < 1.29 is 14.3 Å². The molecule has 1 aliphatic rings. The summed E-state index contributed by atoms with van der Waals surface area (Å²) in [6, 6.07) is 14.4. The van der Waals surface area contributed by atoms with Gasteiger partial charge in [0.25, 0.3) is 0 Å². The van der Waals surface area contributed by atoms with Crippen molar-refractivity contribution in [2.75, 3.05) is 18.4 Å². The van der Waals surface area contributed by atoms with Gasteiger partial charge in [-0.15, -0.1) is 5.10 Å². The monoisotopic (exact) mass is 492 g/mol. The molecule has 0 aliphatic carbocycles. The summed E-state index contributed by atoms with van der Waals surface area (Å²) in [5, 5.41) is 10.3. The fraction of sp³-hybridized carbons (Fsp3) is 0.481. The van der Waals surface area contributed by atoms with Crippen molar-refractivity contribution in [2.24, 2.45) is 5.92 Å². The van der Waals surface area contributed by atoms with Crippen molar-refractivity contribution in [3.63, 3.8) is 0 Å². The Balaban J connectivity index is 1.35. The van der Waals surface area contributed by atoms with Crippen LogP contribution in [-0.4, -0.2) is 56.2 Å². The summed E-state index contributed by atoms with van der Waals surface area (Å²) in [7, 11) is 0. The average Bonchev–Trinajstić information content (AvgIpc) is 3.22. The molecule has 0 bridgehead atoms. The third-order valence-electron chi connectivity index (χ3n) is 6.08. The second kappa shape index (κ2) is 10.7. The Morgan fingerprint density at radius 3 is 2.42 bits per heavy atom. The molecular formula is C27H36N6O3. The van der Waals surface area contributed by atoms with Gasteiger partial charge in [-0.05, 0) is 51.3 Å². The minimum absolute atomic E-state index is 0.110. The van der Waals surface area contributed by atoms with Crippen molar-refractivity contribution in [1.82, 2.24) is 24.8 Å². The number of pyridine rings is 1. The number of rotatable bonds is 6. The molecular weight excluding hydrogens is 456 g/mol. The number of benzene rings is 1. The summed E-state index contributed by atoms with van der Waals surface area (Å²) in [4.78, 5) is 30.9. The Morgan fingerprint density at radius 1 is 1.08 bits per heavy atom. The number of carbonyl (C=O) groups excluding carboxylic acids is 2. The van der Waals surface area contributed by atoms with Gasteiger partial charge in [-0.2, -0.15) is 4.98 Å². The van der Waals surface area contributed by atoms with Crippen LogP contribution >= 0.6 is 0 Å². The first kappa shape index (κ1) is 25.6. The minimum atomic E-state index is -0.484. The van der Waals surface area contributed by atoms with Gasteiger partial charge < -0.3 is 10.1 Å². The maximum Gasteiger partial charge on any atom is 0.407 e. The van der Waals surface area contributed by atoms with Gasteiger partial charge in [0.1, 0.15) is 5.60 Å². The first-order valence-corrected chi connectivity index (χ1v) is 12.6. The van der Waals surface area contributed by atoms with Gasteiger partial charge in [-0.1, -0.05) is 44.2 Å². The van der Waals surface area contributed by atoms with Gasteiger partial charge >= 0.3 is 6.09 Å². The third-order valence-corrected chi connectivity index (χ3v) is 6.08. The number of fused-ring (bicyclic) bond motifs is 1. The molecule has 2 N–H and O–H groups in total. The number of nitrogens with one attached hydrogen (secondary N) is 2. The summed E-state index contributed by atoms with van der Waals surface area (Å²) in [6.07, 6.45) is 1.47. The lowest BCUT2D eigenvalue weighted by molar-refractivity contribution is -0.118. The number of hydrogen-bond donors (Lipinski definition) is 2. The summed E-state index contributed by atoms with van der Waals surface area (Å²) < 4.78 is 7.13. The number of nitrogens with zero attached hydrogens (tertiary/aromatic N) is 4. The van der Waals surface area contributed by atoms with E-state index in [-0.39, 0.29) is 24.0 Å². The third kappa shape index (κ3) is 6.60. The van der Waals surface area contributed by atoms with Crippen LogP contribution in [0.15, 0.2) is 42.5 Å². The zero-order valence-electron chi connectivity index (χ0n) is 21.7. The lowest BCUT2D eigenvalue weighted by atomic mass is 10.0. The molecule has 3 aromatic rings. The minimum Gasteiger partial charge on any atom is -0.444 e. The van der Waals surface area contributed by atoms with Gasteiger partial charge in [0.05, 0.1) is 5.69 Å². The van der Waals surface area contributed by atoms with Crippen LogP contribution in [-0.2, 0) is 16.1 Å². The summed E-state index contributed by atoms with van der Waals surface area (Å²) in [5.74, 6) is 0.0550. The fourth-order valence-electron chi connectivity index (χ4n) is 4.18. The van der Waals surface area contributed by atoms with Crippen LogP contribution in [0.1, 0.15) is 53.0 Å². The van der Waals surface area contributed by atoms with Crippen molar-refractivity contribution in [3.8, 4) is 11.3 Å². The summed E-state index contributed by atoms with van der Waals surface area (Å²) in [6.45, 7) is 12.0. The SMILES string of the molecule is CC(C)C(=O)Nc1nc2cccc(-c3ccc(CN4CCC(NC(=O)OC(C)(C)C)CC4)cc3)n2n1. The quantitative estimate of drug-likeness (QED) is 0.526. The molecule has 0 spiro atoms. The topological polar surface area (TPSA) is 101 Å². The molecule has 2 amide bonds. The number of amides is 2. The Labute approximate surface area is 212 Å². The standard InChI is InChI=1S/C27H36N6O3/c1-18(2)24(34)30-25-29-23-8-6-7-22(33(23)31-25)20-11-9-19(10-12-20)17-32-15-13-21(14-16-32)28-26(35)36-27(3,4)5/h6-12,18,21H,13-17H2,1-5H3,(H,28,35)(H,30,31,34). The molecule has 0 unspecified atom stereocenters. The van der Waals surface area contributed by atoms with E-state index in [0.717, 1.165) is 43.7 Å². The largest absolute Gasteiger partial charge is 0.444 e.